The van der Waals surface area contributed by atoms with E-state index in [0.717, 1.165) is 35.8 Å². The fourth-order valence-electron chi connectivity index (χ4n) is 2.20. The largest absolute Gasteiger partial charge is 0.494 e. The number of benzene rings is 2. The SMILES string of the molecule is CCCNCc1cc(-c2ccc(OCC)cc2)ccc1Cl. The molecule has 0 bridgehead atoms. The van der Waals surface area contributed by atoms with Crippen molar-refractivity contribution in [2.75, 3.05) is 13.2 Å². The van der Waals surface area contributed by atoms with Crippen LogP contribution in [0.2, 0.25) is 5.02 Å². The number of nitrogens with one attached hydrogen (secondary N) is 1. The smallest absolute Gasteiger partial charge is 0.119 e. The molecule has 0 atom stereocenters. The normalized spacial score (nSPS) is 10.6. The van der Waals surface area contributed by atoms with Crippen LogP contribution in [0.1, 0.15) is 25.8 Å². The summed E-state index contributed by atoms with van der Waals surface area (Å²) in [4.78, 5) is 0. The Morgan fingerprint density at radius 3 is 2.38 bits per heavy atom. The highest BCUT2D eigenvalue weighted by molar-refractivity contribution is 6.31. The van der Waals surface area contributed by atoms with Crippen LogP contribution in [0.3, 0.4) is 0 Å². The van der Waals surface area contributed by atoms with E-state index >= 15 is 0 Å². The van der Waals surface area contributed by atoms with Crippen molar-refractivity contribution in [3.05, 3.63) is 53.1 Å². The highest BCUT2D eigenvalue weighted by atomic mass is 35.5. The van der Waals surface area contributed by atoms with E-state index < -0.39 is 0 Å². The van der Waals surface area contributed by atoms with Gasteiger partial charge in [0.05, 0.1) is 6.61 Å². The van der Waals surface area contributed by atoms with Gasteiger partial charge < -0.3 is 10.1 Å². The van der Waals surface area contributed by atoms with Crippen molar-refractivity contribution in [3.8, 4) is 16.9 Å². The van der Waals surface area contributed by atoms with Gasteiger partial charge in [0.15, 0.2) is 0 Å². The van der Waals surface area contributed by atoms with Crippen LogP contribution in [0.4, 0.5) is 0 Å². The van der Waals surface area contributed by atoms with Crippen LogP contribution in [0.5, 0.6) is 5.75 Å². The maximum Gasteiger partial charge on any atom is 0.119 e. The summed E-state index contributed by atoms with van der Waals surface area (Å²) in [6.07, 6.45) is 1.12. The van der Waals surface area contributed by atoms with Gasteiger partial charge in [-0.1, -0.05) is 36.7 Å². The molecular formula is C18H22ClNO. The average Bonchev–Trinajstić information content (AvgIpc) is 2.51. The molecule has 1 N–H and O–H groups in total. The molecule has 0 heterocycles. The van der Waals surface area contributed by atoms with Gasteiger partial charge in [0.1, 0.15) is 5.75 Å². The molecule has 2 nitrogen and oxygen atoms in total. The molecule has 2 aromatic carbocycles. The lowest BCUT2D eigenvalue weighted by atomic mass is 10.0. The minimum absolute atomic E-state index is 0.688. The van der Waals surface area contributed by atoms with E-state index in [0.29, 0.717) is 6.61 Å². The van der Waals surface area contributed by atoms with E-state index in [-0.39, 0.29) is 0 Å². The van der Waals surface area contributed by atoms with Crippen molar-refractivity contribution in [3.63, 3.8) is 0 Å². The topological polar surface area (TPSA) is 21.3 Å². The number of rotatable bonds is 7. The summed E-state index contributed by atoms with van der Waals surface area (Å²) in [5, 5.41) is 4.21. The predicted molar refractivity (Wildman–Crippen MR) is 90.1 cm³/mol. The quantitative estimate of drug-likeness (QED) is 0.734. The summed E-state index contributed by atoms with van der Waals surface area (Å²) in [6.45, 7) is 6.64. The molecule has 0 amide bonds. The Hall–Kier alpha value is -1.51. The Kier molecular flexibility index (Phi) is 6.09. The van der Waals surface area contributed by atoms with Crippen LogP contribution in [0, 0.1) is 0 Å². The number of hydrogen-bond acceptors (Lipinski definition) is 2. The van der Waals surface area contributed by atoms with Crippen LogP contribution >= 0.6 is 11.6 Å². The van der Waals surface area contributed by atoms with Gasteiger partial charge in [0.25, 0.3) is 0 Å². The minimum Gasteiger partial charge on any atom is -0.494 e. The first-order chi connectivity index (χ1) is 10.2. The molecule has 0 aromatic heterocycles. The molecule has 21 heavy (non-hydrogen) atoms. The van der Waals surface area contributed by atoms with E-state index in [1.807, 2.05) is 25.1 Å². The highest BCUT2D eigenvalue weighted by Crippen LogP contribution is 2.26. The van der Waals surface area contributed by atoms with Crippen LogP contribution in [0.25, 0.3) is 11.1 Å². The second-order valence-electron chi connectivity index (χ2n) is 4.94. The molecule has 0 aliphatic carbocycles. The van der Waals surface area contributed by atoms with E-state index in [9.17, 15) is 0 Å². The van der Waals surface area contributed by atoms with E-state index in [2.05, 4.69) is 36.5 Å². The molecule has 0 radical (unpaired) electrons. The van der Waals surface area contributed by atoms with Gasteiger partial charge in [-0.25, -0.2) is 0 Å². The molecule has 0 aliphatic heterocycles. The van der Waals surface area contributed by atoms with Crippen LogP contribution < -0.4 is 10.1 Å². The molecule has 0 unspecified atom stereocenters. The summed E-state index contributed by atoms with van der Waals surface area (Å²) in [7, 11) is 0. The van der Waals surface area contributed by atoms with Crippen LogP contribution in [-0.2, 0) is 6.54 Å². The number of hydrogen-bond donors (Lipinski definition) is 1. The molecule has 0 fully saturated rings. The first kappa shape index (κ1) is 15.9. The fraction of sp³-hybridized carbons (Fsp3) is 0.333. The monoisotopic (exact) mass is 303 g/mol. The summed E-state index contributed by atoms with van der Waals surface area (Å²) >= 11 is 6.27. The van der Waals surface area contributed by atoms with Gasteiger partial charge in [0.2, 0.25) is 0 Å². The zero-order chi connectivity index (χ0) is 15.1. The molecule has 2 rings (SSSR count). The molecule has 0 aliphatic rings. The average molecular weight is 304 g/mol. The third-order valence-electron chi connectivity index (χ3n) is 3.29. The summed E-state index contributed by atoms with van der Waals surface area (Å²) in [5.41, 5.74) is 3.49. The van der Waals surface area contributed by atoms with Gasteiger partial charge in [-0.05, 0) is 60.8 Å². The number of ether oxygens (including phenoxy) is 1. The van der Waals surface area contributed by atoms with Crippen molar-refractivity contribution in [2.24, 2.45) is 0 Å². The van der Waals surface area contributed by atoms with Gasteiger partial charge in [0, 0.05) is 11.6 Å². The third-order valence-corrected chi connectivity index (χ3v) is 3.66. The van der Waals surface area contributed by atoms with Gasteiger partial charge in [-0.2, -0.15) is 0 Å². The lowest BCUT2D eigenvalue weighted by Gasteiger charge is -2.10. The predicted octanol–water partition coefficient (Wildman–Crippen LogP) is 4.91. The fourth-order valence-corrected chi connectivity index (χ4v) is 2.38. The first-order valence-corrected chi connectivity index (χ1v) is 7.84. The molecule has 0 spiro atoms. The van der Waals surface area contributed by atoms with E-state index in [1.165, 1.54) is 11.1 Å². The maximum absolute atomic E-state index is 6.27. The summed E-state index contributed by atoms with van der Waals surface area (Å²) in [5.74, 6) is 0.903. The standard InChI is InChI=1S/C18H22ClNO/c1-3-11-20-13-16-12-15(7-10-18(16)19)14-5-8-17(9-6-14)21-4-2/h5-10,12,20H,3-4,11,13H2,1-2H3. The molecular weight excluding hydrogens is 282 g/mol. The summed E-state index contributed by atoms with van der Waals surface area (Å²) in [6, 6.07) is 14.3. The first-order valence-electron chi connectivity index (χ1n) is 7.47. The molecule has 0 saturated heterocycles. The van der Waals surface area contributed by atoms with Crippen molar-refractivity contribution in [1.29, 1.82) is 0 Å². The molecule has 2 aromatic rings. The lowest BCUT2D eigenvalue weighted by Crippen LogP contribution is -2.14. The van der Waals surface area contributed by atoms with Crippen molar-refractivity contribution >= 4 is 11.6 Å². The van der Waals surface area contributed by atoms with Crippen molar-refractivity contribution < 1.29 is 4.74 Å². The Balaban J connectivity index is 2.17. The van der Waals surface area contributed by atoms with Gasteiger partial charge in [-0.15, -0.1) is 0 Å². The zero-order valence-corrected chi connectivity index (χ0v) is 13.4. The van der Waals surface area contributed by atoms with E-state index in [1.54, 1.807) is 0 Å². The van der Waals surface area contributed by atoms with Crippen molar-refractivity contribution in [2.45, 2.75) is 26.8 Å². The maximum atomic E-state index is 6.27. The van der Waals surface area contributed by atoms with Gasteiger partial charge in [-0.3, -0.25) is 0 Å². The second kappa shape index (κ2) is 8.06. The Morgan fingerprint density at radius 1 is 1.00 bits per heavy atom. The number of halogens is 1. The summed E-state index contributed by atoms with van der Waals surface area (Å²) < 4.78 is 5.47. The van der Waals surface area contributed by atoms with Crippen LogP contribution in [0.15, 0.2) is 42.5 Å². The lowest BCUT2D eigenvalue weighted by molar-refractivity contribution is 0.340. The molecule has 3 heteroatoms. The highest BCUT2D eigenvalue weighted by Gasteiger charge is 2.04. The van der Waals surface area contributed by atoms with E-state index in [4.69, 9.17) is 16.3 Å². The Labute approximate surface area is 132 Å². The zero-order valence-electron chi connectivity index (χ0n) is 12.7. The Morgan fingerprint density at radius 2 is 1.71 bits per heavy atom. The second-order valence-corrected chi connectivity index (χ2v) is 5.35. The van der Waals surface area contributed by atoms with Crippen LogP contribution in [-0.4, -0.2) is 13.2 Å². The Bertz CT molecular complexity index is 566. The van der Waals surface area contributed by atoms with Crippen molar-refractivity contribution in [1.82, 2.24) is 5.32 Å². The molecule has 0 saturated carbocycles. The third kappa shape index (κ3) is 4.48. The molecule has 112 valence electrons. The minimum atomic E-state index is 0.688. The van der Waals surface area contributed by atoms with Gasteiger partial charge >= 0.3 is 0 Å².